The minimum Gasteiger partial charge on any atom is -0.144 e. The van der Waals surface area contributed by atoms with Crippen LogP contribution in [-0.2, 0) is 0 Å². The van der Waals surface area contributed by atoms with E-state index in [1.807, 2.05) is 11.3 Å². The first-order valence-electron chi connectivity index (χ1n) is 5.04. The monoisotopic (exact) mass is 208 g/mol. The highest BCUT2D eigenvalue weighted by molar-refractivity contribution is 7.17. The molecule has 0 N–H and O–H groups in total. The molecule has 0 saturated heterocycles. The molecule has 0 aliphatic heterocycles. The van der Waals surface area contributed by atoms with Crippen LogP contribution in [0.15, 0.2) is 35.7 Å². The van der Waals surface area contributed by atoms with Gasteiger partial charge in [-0.1, -0.05) is 30.4 Å². The average Bonchev–Trinajstić information content (AvgIpc) is 2.85. The molecule has 0 atom stereocenters. The molecule has 0 spiro atoms. The molecule has 0 radical (unpaired) electrons. The van der Waals surface area contributed by atoms with Crippen molar-refractivity contribution >= 4 is 44.3 Å². The summed E-state index contributed by atoms with van der Waals surface area (Å²) >= 11 is 1.82. The molecule has 0 amide bonds. The highest BCUT2D eigenvalue weighted by Gasteiger charge is 2.12. The maximum Gasteiger partial charge on any atom is 0.0355 e. The van der Waals surface area contributed by atoms with Crippen LogP contribution in [0.4, 0.5) is 0 Å². The van der Waals surface area contributed by atoms with Crippen molar-refractivity contribution < 1.29 is 0 Å². The van der Waals surface area contributed by atoms with Crippen molar-refractivity contribution in [3.63, 3.8) is 0 Å². The SMILES string of the molecule is C1=Cc2c3ccsc3cc3cccc1c23. The Hall–Kier alpha value is -1.60. The van der Waals surface area contributed by atoms with Crippen LogP contribution in [0, 0.1) is 0 Å². The lowest BCUT2D eigenvalue weighted by molar-refractivity contribution is 1.77. The molecule has 0 unspecified atom stereocenters. The zero-order valence-corrected chi connectivity index (χ0v) is 8.84. The van der Waals surface area contributed by atoms with Gasteiger partial charge in [0.05, 0.1) is 0 Å². The van der Waals surface area contributed by atoms with Gasteiger partial charge in [-0.25, -0.2) is 0 Å². The molecule has 4 rings (SSSR count). The lowest BCUT2D eigenvalue weighted by Crippen LogP contribution is -1.78. The van der Waals surface area contributed by atoms with E-state index in [4.69, 9.17) is 0 Å². The van der Waals surface area contributed by atoms with Gasteiger partial charge >= 0.3 is 0 Å². The van der Waals surface area contributed by atoms with Crippen LogP contribution in [0.25, 0.3) is 33.0 Å². The Labute approximate surface area is 91.5 Å². The minimum absolute atomic E-state index is 1.36. The molecule has 0 saturated carbocycles. The van der Waals surface area contributed by atoms with E-state index in [0.29, 0.717) is 0 Å². The second kappa shape index (κ2) is 2.50. The van der Waals surface area contributed by atoms with Crippen LogP contribution in [0.5, 0.6) is 0 Å². The van der Waals surface area contributed by atoms with Gasteiger partial charge in [0.15, 0.2) is 0 Å². The van der Waals surface area contributed by atoms with E-state index in [1.165, 1.54) is 32.0 Å². The smallest absolute Gasteiger partial charge is 0.0355 e. The summed E-state index contributed by atoms with van der Waals surface area (Å²) in [5.41, 5.74) is 2.76. The third-order valence-corrected chi connectivity index (χ3v) is 3.96. The number of hydrogen-bond donors (Lipinski definition) is 0. The maximum absolute atomic E-state index is 2.30. The van der Waals surface area contributed by atoms with E-state index in [-0.39, 0.29) is 0 Å². The van der Waals surface area contributed by atoms with Crippen molar-refractivity contribution in [3.05, 3.63) is 46.8 Å². The Bertz CT molecular complexity index is 717. The van der Waals surface area contributed by atoms with Crippen LogP contribution in [0.2, 0.25) is 0 Å². The van der Waals surface area contributed by atoms with Crippen LogP contribution in [0.3, 0.4) is 0 Å². The predicted molar refractivity (Wildman–Crippen MR) is 68.3 cm³/mol. The van der Waals surface area contributed by atoms with Crippen LogP contribution in [0.1, 0.15) is 11.1 Å². The summed E-state index contributed by atoms with van der Waals surface area (Å²) in [6, 6.07) is 11.1. The molecular weight excluding hydrogens is 200 g/mol. The Morgan fingerprint density at radius 2 is 2.00 bits per heavy atom. The Morgan fingerprint density at radius 3 is 3.00 bits per heavy atom. The summed E-state index contributed by atoms with van der Waals surface area (Å²) < 4.78 is 1.39. The largest absolute Gasteiger partial charge is 0.144 e. The van der Waals surface area contributed by atoms with Gasteiger partial charge in [-0.3, -0.25) is 0 Å². The van der Waals surface area contributed by atoms with Crippen LogP contribution < -0.4 is 0 Å². The summed E-state index contributed by atoms with van der Waals surface area (Å²) in [5.74, 6) is 0. The van der Waals surface area contributed by atoms with Gasteiger partial charge in [-0.15, -0.1) is 11.3 Å². The zero-order valence-electron chi connectivity index (χ0n) is 8.03. The second-order valence-corrected chi connectivity index (χ2v) is 4.85. The summed E-state index contributed by atoms with van der Waals surface area (Å²) in [4.78, 5) is 0. The Kier molecular flexibility index (Phi) is 1.28. The van der Waals surface area contributed by atoms with Crippen molar-refractivity contribution in [2.45, 2.75) is 0 Å². The van der Waals surface area contributed by atoms with Gasteiger partial charge < -0.3 is 0 Å². The van der Waals surface area contributed by atoms with Gasteiger partial charge in [-0.2, -0.15) is 0 Å². The van der Waals surface area contributed by atoms with Gasteiger partial charge in [0.1, 0.15) is 0 Å². The number of rotatable bonds is 0. The van der Waals surface area contributed by atoms with E-state index in [2.05, 4.69) is 47.9 Å². The fraction of sp³-hybridized carbons (Fsp3) is 0. The molecule has 15 heavy (non-hydrogen) atoms. The normalized spacial score (nSPS) is 13.1. The lowest BCUT2D eigenvalue weighted by atomic mass is 10.0. The van der Waals surface area contributed by atoms with E-state index >= 15 is 0 Å². The van der Waals surface area contributed by atoms with Crippen molar-refractivity contribution in [2.75, 3.05) is 0 Å². The highest BCUT2D eigenvalue weighted by Crippen LogP contribution is 2.38. The molecule has 0 nitrogen and oxygen atoms in total. The predicted octanol–water partition coefficient (Wildman–Crippen LogP) is 4.54. The first-order chi connectivity index (χ1) is 7.43. The molecule has 0 bridgehead atoms. The van der Waals surface area contributed by atoms with Gasteiger partial charge in [0.2, 0.25) is 0 Å². The van der Waals surface area contributed by atoms with Gasteiger partial charge in [0.25, 0.3) is 0 Å². The van der Waals surface area contributed by atoms with E-state index < -0.39 is 0 Å². The standard InChI is InChI=1S/C14H8S/c1-2-9-4-5-12-11-6-7-15-13(11)8-10(3-1)14(9)12/h1-8H. The van der Waals surface area contributed by atoms with Crippen molar-refractivity contribution in [2.24, 2.45) is 0 Å². The molecule has 0 fully saturated rings. The molecule has 70 valence electrons. The lowest BCUT2D eigenvalue weighted by Gasteiger charge is -2.03. The third-order valence-electron chi connectivity index (χ3n) is 3.10. The topological polar surface area (TPSA) is 0 Å². The maximum atomic E-state index is 2.30. The second-order valence-electron chi connectivity index (χ2n) is 3.90. The Morgan fingerprint density at radius 1 is 1.00 bits per heavy atom. The van der Waals surface area contributed by atoms with Gasteiger partial charge in [-0.05, 0) is 39.4 Å². The molecule has 3 aromatic rings. The summed E-state index contributed by atoms with van der Waals surface area (Å²) in [7, 11) is 0. The minimum atomic E-state index is 1.36. The van der Waals surface area contributed by atoms with Crippen LogP contribution in [-0.4, -0.2) is 0 Å². The van der Waals surface area contributed by atoms with Crippen molar-refractivity contribution in [1.29, 1.82) is 0 Å². The summed E-state index contributed by atoms with van der Waals surface area (Å²) in [5, 5.41) is 6.35. The fourth-order valence-corrected chi connectivity index (χ4v) is 3.29. The van der Waals surface area contributed by atoms with E-state index in [1.54, 1.807) is 0 Å². The molecule has 1 heteroatoms. The fourth-order valence-electron chi connectivity index (χ4n) is 2.44. The first kappa shape index (κ1) is 7.66. The molecule has 1 aliphatic rings. The van der Waals surface area contributed by atoms with Crippen molar-refractivity contribution in [3.8, 4) is 0 Å². The van der Waals surface area contributed by atoms with Crippen molar-refractivity contribution in [1.82, 2.24) is 0 Å². The number of thiophene rings is 1. The van der Waals surface area contributed by atoms with E-state index in [9.17, 15) is 0 Å². The molecule has 1 aliphatic carbocycles. The van der Waals surface area contributed by atoms with Crippen LogP contribution >= 0.6 is 11.3 Å². The number of fused-ring (bicyclic) bond motifs is 2. The number of benzene rings is 2. The molecule has 2 aromatic carbocycles. The van der Waals surface area contributed by atoms with E-state index in [0.717, 1.165) is 0 Å². The molecule has 1 heterocycles. The zero-order chi connectivity index (χ0) is 9.83. The quantitative estimate of drug-likeness (QED) is 0.398. The Balaban J connectivity index is 2.42. The molecule has 1 aromatic heterocycles. The average molecular weight is 208 g/mol. The third kappa shape index (κ3) is 0.864. The summed E-state index contributed by atoms with van der Waals surface area (Å²) in [6.07, 6.45) is 4.46. The first-order valence-corrected chi connectivity index (χ1v) is 5.92. The van der Waals surface area contributed by atoms with Gasteiger partial charge in [0, 0.05) is 10.1 Å². The summed E-state index contributed by atoms with van der Waals surface area (Å²) in [6.45, 7) is 0. The molecular formula is C14H8S. The highest BCUT2D eigenvalue weighted by atomic mass is 32.1. The number of hydrogen-bond acceptors (Lipinski definition) is 1.